The van der Waals surface area contributed by atoms with Crippen LogP contribution < -0.4 is 4.74 Å². The van der Waals surface area contributed by atoms with E-state index < -0.39 is 36.4 Å². The molecule has 0 bridgehead atoms. The van der Waals surface area contributed by atoms with E-state index in [1.807, 2.05) is 0 Å². The molecule has 0 unspecified atom stereocenters. The molecular formula is C31H22F7N3O3. The molecule has 0 amide bonds. The third-order valence-corrected chi connectivity index (χ3v) is 7.21. The van der Waals surface area contributed by atoms with Crippen molar-refractivity contribution in [2.45, 2.75) is 44.8 Å². The van der Waals surface area contributed by atoms with Crippen LogP contribution in [0, 0.1) is 12.7 Å². The van der Waals surface area contributed by atoms with Crippen molar-refractivity contribution in [2.75, 3.05) is 0 Å². The number of oxazole rings is 1. The first-order valence-electron chi connectivity index (χ1n) is 13.4. The Bertz CT molecular complexity index is 1810. The van der Waals surface area contributed by atoms with Gasteiger partial charge in [-0.15, -0.1) is 13.2 Å². The highest BCUT2D eigenvalue weighted by atomic mass is 19.4. The number of nitrogens with zero attached hydrogens (tertiary/aromatic N) is 3. The zero-order valence-corrected chi connectivity index (χ0v) is 22.8. The molecule has 0 spiro atoms. The number of aliphatic hydroxyl groups excluding tert-OH is 1. The average molecular weight is 618 g/mol. The van der Waals surface area contributed by atoms with Crippen molar-refractivity contribution in [3.8, 4) is 45.1 Å². The van der Waals surface area contributed by atoms with Crippen LogP contribution in [0.1, 0.15) is 41.5 Å². The minimum absolute atomic E-state index is 0.00581. The van der Waals surface area contributed by atoms with Crippen molar-refractivity contribution in [2.24, 2.45) is 0 Å². The Morgan fingerprint density at radius 2 is 1.64 bits per heavy atom. The van der Waals surface area contributed by atoms with Crippen molar-refractivity contribution in [3.63, 3.8) is 0 Å². The van der Waals surface area contributed by atoms with E-state index in [-0.39, 0.29) is 34.2 Å². The van der Waals surface area contributed by atoms with Crippen molar-refractivity contribution in [1.82, 2.24) is 14.8 Å². The summed E-state index contributed by atoms with van der Waals surface area (Å²) < 4.78 is 105. The summed E-state index contributed by atoms with van der Waals surface area (Å²) >= 11 is 0. The molecule has 1 aliphatic carbocycles. The Hall–Kier alpha value is -4.65. The molecule has 1 N–H and O–H groups in total. The van der Waals surface area contributed by atoms with Gasteiger partial charge in [0.2, 0.25) is 0 Å². The van der Waals surface area contributed by atoms with Gasteiger partial charge in [-0.2, -0.15) is 18.3 Å². The highest BCUT2D eigenvalue weighted by molar-refractivity contribution is 5.85. The van der Waals surface area contributed by atoms with Crippen LogP contribution in [0.15, 0.2) is 71.3 Å². The standard InChI is InChI=1S/C31H22F7N3O3/c1-16-12-20(14-24(32)23(16)15-42)19-6-9-25(41-11-10-26(40-41)30(33,34)35)22(13-19)28-27(39-29(43-28)18-2-3-18)17-4-7-21(8-5-17)44-31(36,37)38/h4-14,18,42H,2-3,15H2,1H3. The summed E-state index contributed by atoms with van der Waals surface area (Å²) in [6, 6.07) is 13.4. The van der Waals surface area contributed by atoms with E-state index in [2.05, 4.69) is 14.8 Å². The van der Waals surface area contributed by atoms with Gasteiger partial charge in [0.05, 0.1) is 12.3 Å². The molecule has 2 heterocycles. The lowest BCUT2D eigenvalue weighted by Gasteiger charge is -2.14. The van der Waals surface area contributed by atoms with Crippen LogP contribution in [0.3, 0.4) is 0 Å². The summed E-state index contributed by atoms with van der Waals surface area (Å²) in [7, 11) is 0. The van der Waals surface area contributed by atoms with Gasteiger partial charge in [0.1, 0.15) is 17.3 Å². The van der Waals surface area contributed by atoms with Crippen molar-refractivity contribution in [3.05, 3.63) is 95.4 Å². The Morgan fingerprint density at radius 3 is 2.23 bits per heavy atom. The van der Waals surface area contributed by atoms with E-state index in [9.17, 15) is 35.8 Å². The molecule has 1 fully saturated rings. The van der Waals surface area contributed by atoms with Gasteiger partial charge in [-0.1, -0.05) is 12.1 Å². The van der Waals surface area contributed by atoms with Crippen molar-refractivity contribution in [1.29, 1.82) is 0 Å². The van der Waals surface area contributed by atoms with E-state index >= 15 is 0 Å². The molecule has 2 aromatic heterocycles. The van der Waals surface area contributed by atoms with Crippen LogP contribution in [0.5, 0.6) is 5.75 Å². The van der Waals surface area contributed by atoms with Gasteiger partial charge < -0.3 is 14.3 Å². The summed E-state index contributed by atoms with van der Waals surface area (Å²) in [6.07, 6.45) is -6.85. The number of hydrogen-bond acceptors (Lipinski definition) is 5. The first-order valence-corrected chi connectivity index (χ1v) is 13.4. The fraction of sp³-hybridized carbons (Fsp3) is 0.226. The summed E-state index contributed by atoms with van der Waals surface area (Å²) in [5, 5.41) is 13.2. The summed E-state index contributed by atoms with van der Waals surface area (Å²) in [4.78, 5) is 4.63. The molecule has 44 heavy (non-hydrogen) atoms. The highest BCUT2D eigenvalue weighted by Gasteiger charge is 2.35. The molecule has 0 saturated heterocycles. The zero-order valence-electron chi connectivity index (χ0n) is 22.8. The van der Waals surface area contributed by atoms with Gasteiger partial charge >= 0.3 is 12.5 Å². The predicted molar refractivity (Wildman–Crippen MR) is 144 cm³/mol. The van der Waals surface area contributed by atoms with Gasteiger partial charge in [0, 0.05) is 28.8 Å². The third kappa shape index (κ3) is 5.91. The van der Waals surface area contributed by atoms with E-state index in [1.165, 1.54) is 24.3 Å². The van der Waals surface area contributed by atoms with Gasteiger partial charge in [-0.3, -0.25) is 0 Å². The van der Waals surface area contributed by atoms with Crippen LogP contribution >= 0.6 is 0 Å². The number of hydrogen-bond donors (Lipinski definition) is 1. The van der Waals surface area contributed by atoms with E-state index in [4.69, 9.17) is 4.42 Å². The predicted octanol–water partition coefficient (Wildman–Crippen LogP) is 8.60. The normalized spacial score (nSPS) is 13.8. The smallest absolute Gasteiger partial charge is 0.440 e. The first-order chi connectivity index (χ1) is 20.8. The number of aryl methyl sites for hydroxylation is 1. The summed E-state index contributed by atoms with van der Waals surface area (Å²) in [6.45, 7) is 1.14. The first kappa shape index (κ1) is 29.4. The topological polar surface area (TPSA) is 73.3 Å². The van der Waals surface area contributed by atoms with Crippen molar-refractivity contribution < 1.29 is 45.0 Å². The fourth-order valence-corrected chi connectivity index (χ4v) is 4.88. The molecule has 1 saturated carbocycles. The highest BCUT2D eigenvalue weighted by Crippen LogP contribution is 2.46. The number of alkyl halides is 6. The molecule has 0 radical (unpaired) electrons. The fourth-order valence-electron chi connectivity index (χ4n) is 4.88. The molecule has 6 rings (SSSR count). The maximum Gasteiger partial charge on any atom is 0.573 e. The Balaban J connectivity index is 1.54. The van der Waals surface area contributed by atoms with Gasteiger partial charge in [-0.05, 0) is 85.0 Å². The molecule has 0 atom stereocenters. The lowest BCUT2D eigenvalue weighted by atomic mass is 9.96. The second kappa shape index (κ2) is 10.8. The van der Waals surface area contributed by atoms with E-state index in [0.717, 1.165) is 41.9 Å². The third-order valence-electron chi connectivity index (χ3n) is 7.21. The number of rotatable bonds is 7. The number of aliphatic hydroxyl groups is 1. The number of ether oxygens (including phenoxy) is 1. The van der Waals surface area contributed by atoms with Crippen LogP contribution in [0.4, 0.5) is 30.7 Å². The molecular weight excluding hydrogens is 595 g/mol. The molecule has 3 aromatic carbocycles. The minimum Gasteiger partial charge on any atom is -0.440 e. The Kier molecular flexibility index (Phi) is 7.23. The minimum atomic E-state index is -4.89. The molecule has 13 heteroatoms. The van der Waals surface area contributed by atoms with Crippen LogP contribution in [-0.2, 0) is 12.8 Å². The van der Waals surface area contributed by atoms with Crippen LogP contribution in [-0.4, -0.2) is 26.2 Å². The molecule has 5 aromatic rings. The van der Waals surface area contributed by atoms with E-state index in [1.54, 1.807) is 25.1 Å². The Morgan fingerprint density at radius 1 is 0.932 bits per heavy atom. The van der Waals surface area contributed by atoms with Crippen LogP contribution in [0.2, 0.25) is 0 Å². The molecule has 1 aliphatic rings. The monoisotopic (exact) mass is 617 g/mol. The number of benzene rings is 3. The maximum atomic E-state index is 14.8. The summed E-state index contributed by atoms with van der Waals surface area (Å²) in [5.74, 6) is -0.566. The maximum absolute atomic E-state index is 14.8. The lowest BCUT2D eigenvalue weighted by molar-refractivity contribution is -0.274. The average Bonchev–Trinajstić information content (AvgIpc) is 3.50. The zero-order chi connectivity index (χ0) is 31.4. The number of aromatic nitrogens is 3. The molecule has 6 nitrogen and oxygen atoms in total. The quantitative estimate of drug-likeness (QED) is 0.185. The van der Waals surface area contributed by atoms with Gasteiger partial charge in [0.25, 0.3) is 0 Å². The number of halogens is 7. The van der Waals surface area contributed by atoms with Crippen molar-refractivity contribution >= 4 is 0 Å². The second-order valence-electron chi connectivity index (χ2n) is 10.4. The Labute approximate surface area is 245 Å². The van der Waals surface area contributed by atoms with Gasteiger partial charge in [-0.25, -0.2) is 14.1 Å². The van der Waals surface area contributed by atoms with Crippen LogP contribution in [0.25, 0.3) is 39.4 Å². The molecule has 0 aliphatic heterocycles. The van der Waals surface area contributed by atoms with E-state index in [0.29, 0.717) is 28.1 Å². The van der Waals surface area contributed by atoms with Gasteiger partial charge in [0.15, 0.2) is 17.3 Å². The lowest BCUT2D eigenvalue weighted by Crippen LogP contribution is -2.16. The SMILES string of the molecule is Cc1cc(-c2ccc(-n3ccc(C(F)(F)F)n3)c(-c3oc(C4CC4)nc3-c3ccc(OC(F)(F)F)cc3)c2)cc(F)c1CO. The largest absolute Gasteiger partial charge is 0.573 e. The second-order valence-corrected chi connectivity index (χ2v) is 10.4. The summed E-state index contributed by atoms with van der Waals surface area (Å²) in [5.41, 5.74) is 1.46. The molecule has 228 valence electrons.